The summed E-state index contributed by atoms with van der Waals surface area (Å²) in [7, 11) is 2.71. The van der Waals surface area contributed by atoms with Gasteiger partial charge in [0.1, 0.15) is 22.8 Å². The van der Waals surface area contributed by atoms with Gasteiger partial charge in [-0.1, -0.05) is 36.7 Å². The quantitative estimate of drug-likeness (QED) is 0.160. The number of carbonyl (C=O) groups is 2. The van der Waals surface area contributed by atoms with E-state index in [1.165, 1.54) is 37.3 Å². The van der Waals surface area contributed by atoms with E-state index in [0.29, 0.717) is 16.3 Å². The molecule has 1 saturated heterocycles. The Hall–Kier alpha value is -3.73. The van der Waals surface area contributed by atoms with Crippen molar-refractivity contribution in [3.63, 3.8) is 0 Å². The molecular weight excluding hydrogens is 694 g/mol. The fraction of sp³-hybridized carbons (Fsp3) is 0.444. The molecular formula is C36H43ClF2N2O10. The highest BCUT2D eigenvalue weighted by Gasteiger charge is 2.57. The normalized spacial score (nSPS) is 19.5. The largest absolute Gasteiger partial charge is 0.497 e. The molecule has 0 spiro atoms. The van der Waals surface area contributed by atoms with Crippen LogP contribution in [0.25, 0.3) is 0 Å². The molecule has 3 aromatic rings. The van der Waals surface area contributed by atoms with Gasteiger partial charge in [-0.3, -0.25) is 9.69 Å². The molecule has 1 fully saturated rings. The number of fused-ring (bicyclic) bond motifs is 1. The van der Waals surface area contributed by atoms with Crippen LogP contribution in [-0.2, 0) is 27.3 Å². The number of nitrogens with zero attached hydrogens (tertiary/aromatic N) is 1. The number of carboxylic acid groups (broad SMARTS) is 1. The first-order valence-corrected chi connectivity index (χ1v) is 16.5. The molecule has 0 bridgehead atoms. The number of alkyl halides is 1. The van der Waals surface area contributed by atoms with Crippen LogP contribution in [0.15, 0.2) is 54.6 Å². The number of aromatic carboxylic acids is 1. The van der Waals surface area contributed by atoms with Crippen molar-refractivity contribution in [2.45, 2.75) is 55.3 Å². The molecule has 15 heteroatoms. The Morgan fingerprint density at radius 3 is 2.14 bits per heavy atom. The van der Waals surface area contributed by atoms with Crippen LogP contribution in [0.3, 0.4) is 0 Å². The minimum atomic E-state index is -2.12. The third kappa shape index (κ3) is 7.32. The smallest absolute Gasteiger partial charge is 0.336 e. The van der Waals surface area contributed by atoms with E-state index in [0.717, 1.165) is 6.07 Å². The lowest BCUT2D eigenvalue weighted by Crippen LogP contribution is -2.51. The van der Waals surface area contributed by atoms with Crippen molar-refractivity contribution in [3.8, 4) is 5.75 Å². The topological polar surface area (TPSA) is 192 Å². The fourth-order valence-electron chi connectivity index (χ4n) is 6.50. The summed E-state index contributed by atoms with van der Waals surface area (Å²) in [6, 6.07) is 13.1. The minimum Gasteiger partial charge on any atom is -0.497 e. The number of nitrogens with two attached hydrogens (primary N) is 1. The van der Waals surface area contributed by atoms with Gasteiger partial charge in [-0.15, -0.1) is 0 Å². The number of carboxylic acids is 1. The van der Waals surface area contributed by atoms with Crippen molar-refractivity contribution in [1.29, 1.82) is 0 Å². The van der Waals surface area contributed by atoms with Gasteiger partial charge in [0.2, 0.25) is 0 Å². The van der Waals surface area contributed by atoms with E-state index in [4.69, 9.17) is 46.9 Å². The molecule has 5 rings (SSSR count). The number of rotatable bonds is 12. The van der Waals surface area contributed by atoms with Crippen molar-refractivity contribution in [1.82, 2.24) is 4.90 Å². The van der Waals surface area contributed by atoms with Crippen LogP contribution in [0.4, 0.5) is 8.78 Å². The van der Waals surface area contributed by atoms with Crippen molar-refractivity contribution >= 4 is 23.5 Å². The number of methoxy groups -OCH3 is 2. The maximum atomic E-state index is 16.5. The number of hydrogen-bond acceptors (Lipinski definition) is 10. The maximum Gasteiger partial charge on any atom is 0.336 e. The van der Waals surface area contributed by atoms with Gasteiger partial charge in [0.15, 0.2) is 5.72 Å². The number of ether oxygens (including phenoxy) is 3. The summed E-state index contributed by atoms with van der Waals surface area (Å²) in [4.78, 5) is 27.7. The van der Waals surface area contributed by atoms with Gasteiger partial charge in [0.25, 0.3) is 5.91 Å². The second-order valence-corrected chi connectivity index (χ2v) is 13.0. The zero-order valence-corrected chi connectivity index (χ0v) is 29.3. The Kier molecular flexibility index (Phi) is 12.5. The minimum absolute atomic E-state index is 0.0809. The summed E-state index contributed by atoms with van der Waals surface area (Å²) < 4.78 is 49.3. The number of benzene rings is 3. The monoisotopic (exact) mass is 736 g/mol. The number of carbonyl (C=O) groups excluding carboxylic acids is 1. The number of hydrogen-bond donors (Lipinski definition) is 6. The lowest BCUT2D eigenvalue weighted by Gasteiger charge is -2.44. The van der Waals surface area contributed by atoms with Gasteiger partial charge < -0.3 is 45.5 Å². The number of amides is 1. The van der Waals surface area contributed by atoms with Crippen molar-refractivity contribution in [2.24, 2.45) is 5.73 Å². The Labute approximate surface area is 298 Å². The number of halogens is 3. The van der Waals surface area contributed by atoms with Crippen molar-refractivity contribution < 1.29 is 58.1 Å². The van der Waals surface area contributed by atoms with E-state index in [1.54, 1.807) is 37.3 Å². The Balaban J connectivity index is 0.000000652. The maximum absolute atomic E-state index is 16.5. The second-order valence-electron chi connectivity index (χ2n) is 12.6. The van der Waals surface area contributed by atoms with Crippen LogP contribution < -0.4 is 10.5 Å². The van der Waals surface area contributed by atoms with Crippen LogP contribution in [-0.4, -0.2) is 101 Å². The predicted molar refractivity (Wildman–Crippen MR) is 182 cm³/mol. The number of aliphatic hydroxyl groups is 4. The molecule has 278 valence electrons. The van der Waals surface area contributed by atoms with Crippen LogP contribution in [0.5, 0.6) is 5.75 Å². The molecule has 0 aromatic heterocycles. The van der Waals surface area contributed by atoms with E-state index in [2.05, 4.69) is 0 Å². The lowest BCUT2D eigenvalue weighted by atomic mass is 9.72. The van der Waals surface area contributed by atoms with Gasteiger partial charge in [-0.2, -0.15) is 0 Å². The van der Waals surface area contributed by atoms with Gasteiger partial charge in [-0.05, 0) is 53.9 Å². The molecule has 0 radical (unpaired) electrons. The molecule has 7 N–H and O–H groups in total. The van der Waals surface area contributed by atoms with Crippen LogP contribution in [0.2, 0.25) is 5.02 Å². The van der Waals surface area contributed by atoms with Crippen LogP contribution in [0, 0.1) is 5.82 Å². The van der Waals surface area contributed by atoms with Gasteiger partial charge in [0, 0.05) is 43.8 Å². The first kappa shape index (κ1) is 40.0. The molecule has 12 nitrogen and oxygen atoms in total. The average molecular weight is 737 g/mol. The standard InChI is InChI=1S/C32H32ClF2NO7.C4H11NO3/c1-4-31(40,30(35)11-13-43-14-12-30)21-15-25-27(26(34)16-21)32(42-3,20-6-8-22(33)9-7-20)36(28(25)37)18-19-5-10-23(41-2)17-24(19)29(38)39;5-4(1-6,2-7)3-8/h5-10,15-17,40H,4,11-14,18H2,1-3H3,(H,38,39);6-8H,1-3,5H2/t31-,32-;/m1./s1. The van der Waals surface area contributed by atoms with Gasteiger partial charge in [0.05, 0.1) is 55.7 Å². The van der Waals surface area contributed by atoms with E-state index in [-0.39, 0.29) is 66.8 Å². The molecule has 0 unspecified atom stereocenters. The van der Waals surface area contributed by atoms with E-state index in [1.807, 2.05) is 0 Å². The molecule has 1 amide bonds. The zero-order chi connectivity index (χ0) is 37.8. The summed E-state index contributed by atoms with van der Waals surface area (Å²) in [5, 5.41) is 47.1. The summed E-state index contributed by atoms with van der Waals surface area (Å²) in [5.74, 6) is -2.54. The molecule has 51 heavy (non-hydrogen) atoms. The second kappa shape index (κ2) is 15.9. The highest BCUT2D eigenvalue weighted by Crippen LogP contribution is 2.51. The first-order chi connectivity index (χ1) is 24.1. The summed E-state index contributed by atoms with van der Waals surface area (Å²) in [5.41, 5.74) is -2.04. The Morgan fingerprint density at radius 1 is 1.04 bits per heavy atom. The Bertz CT molecular complexity index is 1710. The molecule has 2 aliphatic heterocycles. The van der Waals surface area contributed by atoms with E-state index < -0.39 is 60.0 Å². The van der Waals surface area contributed by atoms with Crippen LogP contribution >= 0.6 is 11.6 Å². The molecule has 0 aliphatic carbocycles. The first-order valence-electron chi connectivity index (χ1n) is 16.1. The molecule has 2 atom stereocenters. The average Bonchev–Trinajstić information content (AvgIpc) is 3.39. The van der Waals surface area contributed by atoms with Gasteiger partial charge >= 0.3 is 5.97 Å². The molecule has 2 heterocycles. The molecule has 2 aliphatic rings. The number of aliphatic hydroxyl groups excluding tert-OH is 3. The lowest BCUT2D eigenvalue weighted by molar-refractivity contribution is -0.155. The van der Waals surface area contributed by atoms with Crippen molar-refractivity contribution in [2.75, 3.05) is 47.3 Å². The summed E-state index contributed by atoms with van der Waals surface area (Å²) in [6.45, 7) is 0.277. The zero-order valence-electron chi connectivity index (χ0n) is 28.5. The molecule has 3 aromatic carbocycles. The highest BCUT2D eigenvalue weighted by atomic mass is 35.5. The predicted octanol–water partition coefficient (Wildman–Crippen LogP) is 3.47. The highest BCUT2D eigenvalue weighted by molar-refractivity contribution is 6.30. The van der Waals surface area contributed by atoms with Crippen molar-refractivity contribution in [3.05, 3.63) is 98.8 Å². The molecule has 0 saturated carbocycles. The summed E-state index contributed by atoms with van der Waals surface area (Å²) in [6.07, 6.45) is -0.281. The van der Waals surface area contributed by atoms with E-state index in [9.17, 15) is 19.8 Å². The Morgan fingerprint density at radius 2 is 1.65 bits per heavy atom. The van der Waals surface area contributed by atoms with Gasteiger partial charge in [-0.25, -0.2) is 13.6 Å². The third-order valence-corrected chi connectivity index (χ3v) is 9.90. The van der Waals surface area contributed by atoms with E-state index >= 15 is 8.78 Å². The summed E-state index contributed by atoms with van der Waals surface area (Å²) >= 11 is 6.15. The third-order valence-electron chi connectivity index (χ3n) is 9.65. The SMILES string of the molecule is CC[C@@](O)(c1cc(F)c2c(c1)C(=O)N(Cc1ccc(OC)cc1C(=O)O)[C@@]2(OC)c1ccc(Cl)cc1)C1(F)CCOCC1.NC(CO)(CO)CO. The van der Waals surface area contributed by atoms with Crippen LogP contribution in [0.1, 0.15) is 69.2 Å². The fourth-order valence-corrected chi connectivity index (χ4v) is 6.63.